The number of rotatable bonds is 6. The average molecular weight is 268 g/mol. The first-order chi connectivity index (χ1) is 8.86. The minimum Gasteiger partial charge on any atom is -0.494 e. The van der Waals surface area contributed by atoms with E-state index in [1.807, 2.05) is 20.8 Å². The maximum atomic E-state index is 13.6. The van der Waals surface area contributed by atoms with Crippen molar-refractivity contribution in [2.45, 2.75) is 32.9 Å². The summed E-state index contributed by atoms with van der Waals surface area (Å²) in [6.45, 7) is 5.67. The summed E-state index contributed by atoms with van der Waals surface area (Å²) in [7, 11) is 1.42. The van der Waals surface area contributed by atoms with Crippen LogP contribution in [0.4, 0.5) is 4.39 Å². The number of carbonyl (C=O) groups is 1. The third-order valence-electron chi connectivity index (χ3n) is 3.08. The van der Waals surface area contributed by atoms with Crippen molar-refractivity contribution >= 4 is 5.91 Å². The topological polar surface area (TPSA) is 64.3 Å². The van der Waals surface area contributed by atoms with Crippen LogP contribution >= 0.6 is 0 Å². The maximum Gasteiger partial charge on any atom is 0.234 e. The molecule has 106 valence electrons. The van der Waals surface area contributed by atoms with Crippen LogP contribution in [0.5, 0.6) is 5.75 Å². The zero-order valence-electron chi connectivity index (χ0n) is 11.7. The van der Waals surface area contributed by atoms with E-state index in [9.17, 15) is 9.18 Å². The van der Waals surface area contributed by atoms with Crippen molar-refractivity contribution in [2.24, 2.45) is 11.7 Å². The molecule has 0 fully saturated rings. The molecule has 0 bridgehead atoms. The second-order valence-electron chi connectivity index (χ2n) is 4.91. The van der Waals surface area contributed by atoms with Gasteiger partial charge in [-0.15, -0.1) is 0 Å². The molecule has 2 unspecified atom stereocenters. The molecule has 0 aromatic heterocycles. The van der Waals surface area contributed by atoms with Gasteiger partial charge in [0, 0.05) is 6.04 Å². The molecule has 1 aromatic rings. The molecule has 2 atom stereocenters. The minimum atomic E-state index is -0.444. The number of ether oxygens (including phenoxy) is 1. The molecule has 0 saturated carbocycles. The van der Waals surface area contributed by atoms with Gasteiger partial charge in [0.25, 0.3) is 0 Å². The molecule has 0 saturated heterocycles. The number of carbonyl (C=O) groups excluding carboxylic acids is 1. The molecule has 0 aliphatic heterocycles. The Hall–Kier alpha value is -1.62. The highest BCUT2D eigenvalue weighted by atomic mass is 19.1. The summed E-state index contributed by atoms with van der Waals surface area (Å²) in [5.74, 6) is -0.557. The Morgan fingerprint density at radius 2 is 2.00 bits per heavy atom. The van der Waals surface area contributed by atoms with Crippen LogP contribution < -0.4 is 15.8 Å². The van der Waals surface area contributed by atoms with Crippen molar-refractivity contribution < 1.29 is 13.9 Å². The van der Waals surface area contributed by atoms with Gasteiger partial charge in [0.05, 0.1) is 13.2 Å². The lowest BCUT2D eigenvalue weighted by Gasteiger charge is -2.24. The first-order valence-corrected chi connectivity index (χ1v) is 6.25. The summed E-state index contributed by atoms with van der Waals surface area (Å²) in [4.78, 5) is 11.3. The highest BCUT2D eigenvalue weighted by Crippen LogP contribution is 2.22. The van der Waals surface area contributed by atoms with E-state index in [0.29, 0.717) is 0 Å². The van der Waals surface area contributed by atoms with Gasteiger partial charge in [0.2, 0.25) is 5.91 Å². The average Bonchev–Trinajstić information content (AvgIpc) is 2.34. The van der Waals surface area contributed by atoms with Crippen LogP contribution in [0, 0.1) is 11.7 Å². The fourth-order valence-electron chi connectivity index (χ4n) is 1.92. The van der Waals surface area contributed by atoms with Crippen molar-refractivity contribution in [3.63, 3.8) is 0 Å². The number of primary amides is 1. The monoisotopic (exact) mass is 268 g/mol. The van der Waals surface area contributed by atoms with Gasteiger partial charge in [-0.3, -0.25) is 10.1 Å². The van der Waals surface area contributed by atoms with Crippen molar-refractivity contribution in [1.82, 2.24) is 5.32 Å². The normalized spacial score (nSPS) is 14.2. The Labute approximate surface area is 113 Å². The lowest BCUT2D eigenvalue weighted by Crippen LogP contribution is -2.45. The first-order valence-electron chi connectivity index (χ1n) is 6.25. The molecular weight excluding hydrogens is 247 g/mol. The number of hydrogen-bond donors (Lipinski definition) is 2. The van der Waals surface area contributed by atoms with Crippen LogP contribution in [0.2, 0.25) is 0 Å². The Kier molecular flexibility index (Phi) is 5.30. The third kappa shape index (κ3) is 3.92. The standard InChI is InChI=1S/C14H21FN2O2/c1-8(2)13(14(16)18)17-9(3)10-5-6-12(19-4)11(15)7-10/h5-9,13,17H,1-4H3,(H2,16,18). The fourth-order valence-corrected chi connectivity index (χ4v) is 1.92. The van der Waals surface area contributed by atoms with E-state index in [4.69, 9.17) is 10.5 Å². The van der Waals surface area contributed by atoms with E-state index >= 15 is 0 Å². The van der Waals surface area contributed by atoms with E-state index in [2.05, 4.69) is 5.32 Å². The number of hydrogen-bond acceptors (Lipinski definition) is 3. The van der Waals surface area contributed by atoms with E-state index in [-0.39, 0.29) is 17.7 Å². The SMILES string of the molecule is COc1ccc(C(C)NC(C(N)=O)C(C)C)cc1F. The van der Waals surface area contributed by atoms with E-state index in [0.717, 1.165) is 5.56 Å². The first kappa shape index (κ1) is 15.4. The highest BCUT2D eigenvalue weighted by Gasteiger charge is 2.22. The van der Waals surface area contributed by atoms with Gasteiger partial charge in [-0.05, 0) is 30.5 Å². The lowest BCUT2D eigenvalue weighted by atomic mass is 10.0. The Balaban J connectivity index is 2.85. The third-order valence-corrected chi connectivity index (χ3v) is 3.08. The van der Waals surface area contributed by atoms with Gasteiger partial charge >= 0.3 is 0 Å². The second kappa shape index (κ2) is 6.52. The van der Waals surface area contributed by atoms with Gasteiger partial charge in [-0.25, -0.2) is 4.39 Å². The predicted molar refractivity (Wildman–Crippen MR) is 72.3 cm³/mol. The van der Waals surface area contributed by atoms with Crippen LogP contribution in [0.1, 0.15) is 32.4 Å². The summed E-state index contributed by atoms with van der Waals surface area (Å²) in [5, 5.41) is 3.11. The van der Waals surface area contributed by atoms with E-state index in [1.54, 1.807) is 12.1 Å². The molecule has 5 heteroatoms. The molecule has 1 aromatic carbocycles. The zero-order valence-corrected chi connectivity index (χ0v) is 11.7. The van der Waals surface area contributed by atoms with E-state index < -0.39 is 17.8 Å². The number of nitrogens with one attached hydrogen (secondary N) is 1. The number of benzene rings is 1. The molecule has 0 aliphatic rings. The van der Waals surface area contributed by atoms with E-state index in [1.165, 1.54) is 13.2 Å². The molecule has 1 rings (SSSR count). The molecule has 0 heterocycles. The van der Waals surface area contributed by atoms with Gasteiger partial charge in [-0.1, -0.05) is 19.9 Å². The molecule has 0 radical (unpaired) electrons. The van der Waals surface area contributed by atoms with Crippen molar-refractivity contribution in [1.29, 1.82) is 0 Å². The Bertz CT molecular complexity index is 449. The number of nitrogens with two attached hydrogens (primary N) is 1. The summed E-state index contributed by atoms with van der Waals surface area (Å²) < 4.78 is 18.5. The molecule has 0 aliphatic carbocycles. The van der Waals surface area contributed by atoms with Crippen LogP contribution in [0.3, 0.4) is 0 Å². The molecule has 19 heavy (non-hydrogen) atoms. The molecule has 4 nitrogen and oxygen atoms in total. The number of amides is 1. The highest BCUT2D eigenvalue weighted by molar-refractivity contribution is 5.80. The summed E-state index contributed by atoms with van der Waals surface area (Å²) >= 11 is 0. The minimum absolute atomic E-state index is 0.0723. The van der Waals surface area contributed by atoms with Crippen molar-refractivity contribution in [3.05, 3.63) is 29.6 Å². The number of halogens is 1. The maximum absolute atomic E-state index is 13.6. The van der Waals surface area contributed by atoms with Crippen LogP contribution in [-0.2, 0) is 4.79 Å². The van der Waals surface area contributed by atoms with Gasteiger partial charge in [0.15, 0.2) is 11.6 Å². The van der Waals surface area contributed by atoms with Crippen LogP contribution in [-0.4, -0.2) is 19.1 Å². The quantitative estimate of drug-likeness (QED) is 0.829. The van der Waals surface area contributed by atoms with Crippen molar-refractivity contribution in [3.8, 4) is 5.75 Å². The summed E-state index contributed by atoms with van der Waals surface area (Å²) in [5.41, 5.74) is 6.08. The smallest absolute Gasteiger partial charge is 0.234 e. The molecule has 3 N–H and O–H groups in total. The Morgan fingerprint density at radius 3 is 2.42 bits per heavy atom. The fraction of sp³-hybridized carbons (Fsp3) is 0.500. The van der Waals surface area contributed by atoms with Crippen LogP contribution in [0.15, 0.2) is 18.2 Å². The largest absolute Gasteiger partial charge is 0.494 e. The summed E-state index contributed by atoms with van der Waals surface area (Å²) in [6, 6.07) is 4.10. The second-order valence-corrected chi connectivity index (χ2v) is 4.91. The van der Waals surface area contributed by atoms with Gasteiger partial charge in [0.1, 0.15) is 0 Å². The number of methoxy groups -OCH3 is 1. The molecule has 1 amide bonds. The van der Waals surface area contributed by atoms with Gasteiger partial charge in [-0.2, -0.15) is 0 Å². The lowest BCUT2D eigenvalue weighted by molar-refractivity contribution is -0.121. The predicted octanol–water partition coefficient (Wildman–Crippen LogP) is 1.99. The van der Waals surface area contributed by atoms with Crippen molar-refractivity contribution in [2.75, 3.05) is 7.11 Å². The Morgan fingerprint density at radius 1 is 1.37 bits per heavy atom. The molecule has 0 spiro atoms. The zero-order chi connectivity index (χ0) is 14.6. The summed E-state index contributed by atoms with van der Waals surface area (Å²) in [6.07, 6.45) is 0. The van der Waals surface area contributed by atoms with Crippen LogP contribution in [0.25, 0.3) is 0 Å². The molecular formula is C14H21FN2O2. The van der Waals surface area contributed by atoms with Gasteiger partial charge < -0.3 is 10.5 Å².